The first kappa shape index (κ1) is 18.8. The number of aromatic nitrogens is 1. The van der Waals surface area contributed by atoms with Crippen molar-refractivity contribution in [3.63, 3.8) is 0 Å². The van der Waals surface area contributed by atoms with E-state index in [4.69, 9.17) is 9.15 Å². The number of hydrogen-bond acceptors (Lipinski definition) is 4. The fourth-order valence-electron chi connectivity index (χ4n) is 2.46. The van der Waals surface area contributed by atoms with Crippen LogP contribution in [0.25, 0.3) is 11.1 Å². The van der Waals surface area contributed by atoms with Gasteiger partial charge in [0, 0.05) is 18.2 Å². The Balaban J connectivity index is 1.58. The Morgan fingerprint density at radius 2 is 1.93 bits per heavy atom. The number of rotatable bonds is 5. The van der Waals surface area contributed by atoms with Crippen LogP contribution in [0.3, 0.4) is 0 Å². The number of fused-ring (bicyclic) bond motifs is 1. The molecule has 6 nitrogen and oxygen atoms in total. The Hall–Kier alpha value is -3.02. The molecule has 2 amide bonds. The third-order valence-corrected chi connectivity index (χ3v) is 4.07. The molecule has 2 aromatic carbocycles. The molecule has 0 spiro atoms. The normalized spacial score (nSPS) is 11.4. The largest absolute Gasteiger partial charge is 0.492 e. The number of carbonyl (C=O) groups excluding carboxylic acids is 1. The van der Waals surface area contributed by atoms with Crippen molar-refractivity contribution < 1.29 is 13.9 Å². The third kappa shape index (κ3) is 4.78. The first-order valence-electron chi connectivity index (χ1n) is 8.94. The maximum atomic E-state index is 12.4. The van der Waals surface area contributed by atoms with Gasteiger partial charge in [-0.25, -0.2) is 9.78 Å². The molecule has 0 radical (unpaired) electrons. The Kier molecular flexibility index (Phi) is 5.35. The standard InChI is InChI=1S/C21H25N3O3/c1-21(2,3)19-23-17-14-15(10-11-18(17)27-19)22-20(25)24(4)12-13-26-16-8-6-5-7-9-16/h5-11,14H,12-13H2,1-4H3,(H,22,25). The van der Waals surface area contributed by atoms with Crippen molar-refractivity contribution in [2.45, 2.75) is 26.2 Å². The number of anilines is 1. The zero-order valence-electron chi connectivity index (χ0n) is 16.2. The zero-order valence-corrected chi connectivity index (χ0v) is 16.2. The maximum Gasteiger partial charge on any atom is 0.321 e. The van der Waals surface area contributed by atoms with Crippen molar-refractivity contribution in [1.82, 2.24) is 9.88 Å². The Bertz CT molecular complexity index is 913. The quantitative estimate of drug-likeness (QED) is 0.712. The van der Waals surface area contributed by atoms with Gasteiger partial charge in [0.25, 0.3) is 0 Å². The van der Waals surface area contributed by atoms with Crippen molar-refractivity contribution in [3.05, 3.63) is 54.4 Å². The highest BCUT2D eigenvalue weighted by Crippen LogP contribution is 2.27. The molecule has 0 bridgehead atoms. The number of carbonyl (C=O) groups is 1. The SMILES string of the molecule is CN(CCOc1ccccc1)C(=O)Nc1ccc2oc(C(C)(C)C)nc2c1. The molecule has 0 aliphatic rings. The first-order chi connectivity index (χ1) is 12.8. The van der Waals surface area contributed by atoms with Crippen LogP contribution in [-0.4, -0.2) is 36.1 Å². The number of amides is 2. The molecule has 142 valence electrons. The molecule has 1 N–H and O–H groups in total. The predicted molar refractivity (Wildman–Crippen MR) is 106 cm³/mol. The average molecular weight is 367 g/mol. The van der Waals surface area contributed by atoms with E-state index in [1.54, 1.807) is 11.9 Å². The third-order valence-electron chi connectivity index (χ3n) is 4.07. The predicted octanol–water partition coefficient (Wildman–Crippen LogP) is 4.67. The highest BCUT2D eigenvalue weighted by molar-refractivity contribution is 5.91. The second-order valence-corrected chi connectivity index (χ2v) is 7.46. The van der Waals surface area contributed by atoms with Gasteiger partial charge in [-0.1, -0.05) is 39.0 Å². The monoisotopic (exact) mass is 367 g/mol. The number of nitrogens with one attached hydrogen (secondary N) is 1. The number of benzene rings is 2. The Morgan fingerprint density at radius 3 is 2.63 bits per heavy atom. The van der Waals surface area contributed by atoms with E-state index in [0.29, 0.717) is 30.3 Å². The van der Waals surface area contributed by atoms with E-state index in [1.807, 2.05) is 69.3 Å². The number of likely N-dealkylation sites (N-methyl/N-ethyl adjacent to an activating group) is 1. The smallest absolute Gasteiger partial charge is 0.321 e. The van der Waals surface area contributed by atoms with Crippen molar-refractivity contribution in [1.29, 1.82) is 0 Å². The van der Waals surface area contributed by atoms with Gasteiger partial charge in [0.15, 0.2) is 5.58 Å². The lowest BCUT2D eigenvalue weighted by Gasteiger charge is -2.18. The molecule has 0 aliphatic carbocycles. The minimum atomic E-state index is -0.203. The second kappa shape index (κ2) is 7.70. The Morgan fingerprint density at radius 1 is 1.19 bits per heavy atom. The number of urea groups is 1. The lowest BCUT2D eigenvalue weighted by molar-refractivity contribution is 0.207. The summed E-state index contributed by atoms with van der Waals surface area (Å²) in [6, 6.07) is 14.8. The molecule has 3 aromatic rings. The zero-order chi connectivity index (χ0) is 19.4. The van der Waals surface area contributed by atoms with Crippen LogP contribution < -0.4 is 10.1 Å². The van der Waals surface area contributed by atoms with Crippen LogP contribution in [0.1, 0.15) is 26.7 Å². The van der Waals surface area contributed by atoms with Crippen LogP contribution in [0.5, 0.6) is 5.75 Å². The minimum absolute atomic E-state index is 0.165. The van der Waals surface area contributed by atoms with Crippen LogP contribution in [0, 0.1) is 0 Å². The van der Waals surface area contributed by atoms with Crippen LogP contribution in [0.15, 0.2) is 52.9 Å². The van der Waals surface area contributed by atoms with Gasteiger partial charge in [0.1, 0.15) is 17.9 Å². The van der Waals surface area contributed by atoms with Gasteiger partial charge in [0.05, 0.1) is 6.54 Å². The molecular weight excluding hydrogens is 342 g/mol. The lowest BCUT2D eigenvalue weighted by atomic mass is 9.97. The van der Waals surface area contributed by atoms with Crippen LogP contribution in [0.4, 0.5) is 10.5 Å². The van der Waals surface area contributed by atoms with E-state index in [1.165, 1.54) is 0 Å². The molecule has 1 heterocycles. The van der Waals surface area contributed by atoms with Crippen molar-refractivity contribution in [2.75, 3.05) is 25.5 Å². The summed E-state index contributed by atoms with van der Waals surface area (Å²) in [5.41, 5.74) is 1.95. The molecule has 0 unspecified atom stereocenters. The average Bonchev–Trinajstić information content (AvgIpc) is 3.06. The molecule has 0 saturated carbocycles. The highest BCUT2D eigenvalue weighted by atomic mass is 16.5. The van der Waals surface area contributed by atoms with E-state index in [-0.39, 0.29) is 11.4 Å². The van der Waals surface area contributed by atoms with E-state index < -0.39 is 0 Å². The van der Waals surface area contributed by atoms with Crippen LogP contribution in [-0.2, 0) is 5.41 Å². The summed E-state index contributed by atoms with van der Waals surface area (Å²) in [4.78, 5) is 18.5. The fraction of sp³-hybridized carbons (Fsp3) is 0.333. The molecule has 0 aliphatic heterocycles. The van der Waals surface area contributed by atoms with E-state index in [2.05, 4.69) is 10.3 Å². The van der Waals surface area contributed by atoms with E-state index >= 15 is 0 Å². The number of hydrogen-bond donors (Lipinski definition) is 1. The van der Waals surface area contributed by atoms with E-state index in [9.17, 15) is 4.79 Å². The second-order valence-electron chi connectivity index (χ2n) is 7.46. The molecule has 6 heteroatoms. The van der Waals surface area contributed by atoms with Crippen molar-refractivity contribution in [2.24, 2.45) is 0 Å². The number of para-hydroxylation sites is 1. The Labute approximate surface area is 159 Å². The number of nitrogens with zero attached hydrogens (tertiary/aromatic N) is 2. The van der Waals surface area contributed by atoms with Gasteiger partial charge in [-0.3, -0.25) is 0 Å². The molecule has 1 aromatic heterocycles. The maximum absolute atomic E-state index is 12.4. The van der Waals surface area contributed by atoms with Gasteiger partial charge in [-0.05, 0) is 30.3 Å². The minimum Gasteiger partial charge on any atom is -0.492 e. The summed E-state index contributed by atoms with van der Waals surface area (Å²) in [6.07, 6.45) is 0. The summed E-state index contributed by atoms with van der Waals surface area (Å²) in [7, 11) is 1.73. The summed E-state index contributed by atoms with van der Waals surface area (Å²) in [6.45, 7) is 7.04. The summed E-state index contributed by atoms with van der Waals surface area (Å²) < 4.78 is 11.4. The first-order valence-corrected chi connectivity index (χ1v) is 8.94. The van der Waals surface area contributed by atoms with Crippen molar-refractivity contribution in [3.8, 4) is 5.75 Å². The molecule has 0 saturated heterocycles. The van der Waals surface area contributed by atoms with Gasteiger partial charge in [0.2, 0.25) is 5.89 Å². The summed E-state index contributed by atoms with van der Waals surface area (Å²) in [5, 5.41) is 2.88. The van der Waals surface area contributed by atoms with Crippen molar-refractivity contribution >= 4 is 22.8 Å². The highest BCUT2D eigenvalue weighted by Gasteiger charge is 2.21. The molecule has 27 heavy (non-hydrogen) atoms. The number of ether oxygens (including phenoxy) is 1. The molecule has 0 atom stereocenters. The molecule has 0 fully saturated rings. The number of oxazole rings is 1. The topological polar surface area (TPSA) is 67.6 Å². The lowest BCUT2D eigenvalue weighted by Crippen LogP contribution is -2.34. The summed E-state index contributed by atoms with van der Waals surface area (Å²) in [5.74, 6) is 1.47. The van der Waals surface area contributed by atoms with Gasteiger partial charge in [-0.15, -0.1) is 0 Å². The van der Waals surface area contributed by atoms with Gasteiger partial charge >= 0.3 is 6.03 Å². The van der Waals surface area contributed by atoms with Gasteiger partial charge in [-0.2, -0.15) is 0 Å². The fourth-order valence-corrected chi connectivity index (χ4v) is 2.46. The van der Waals surface area contributed by atoms with E-state index in [0.717, 1.165) is 11.3 Å². The molecular formula is C21H25N3O3. The van der Waals surface area contributed by atoms with Crippen LogP contribution >= 0.6 is 0 Å². The van der Waals surface area contributed by atoms with Crippen LogP contribution in [0.2, 0.25) is 0 Å². The molecule has 3 rings (SSSR count). The summed E-state index contributed by atoms with van der Waals surface area (Å²) >= 11 is 0. The van der Waals surface area contributed by atoms with Gasteiger partial charge < -0.3 is 19.4 Å².